The van der Waals surface area contributed by atoms with E-state index in [0.29, 0.717) is 0 Å². The Kier molecular flexibility index (Phi) is 4.32. The van der Waals surface area contributed by atoms with E-state index in [9.17, 15) is 21.6 Å². The van der Waals surface area contributed by atoms with Gasteiger partial charge in [0.2, 0.25) is 10.0 Å². The van der Waals surface area contributed by atoms with Crippen molar-refractivity contribution in [2.24, 2.45) is 0 Å². The number of benzene rings is 1. The van der Waals surface area contributed by atoms with Gasteiger partial charge in [-0.05, 0) is 6.92 Å². The van der Waals surface area contributed by atoms with Crippen LogP contribution in [0.4, 0.5) is 13.2 Å². The van der Waals surface area contributed by atoms with Crippen LogP contribution >= 0.6 is 0 Å². The summed E-state index contributed by atoms with van der Waals surface area (Å²) in [6, 6.07) is 1.43. The molecule has 18 heavy (non-hydrogen) atoms. The first-order chi connectivity index (χ1) is 8.27. The average Bonchev–Trinajstić information content (AvgIpc) is 2.13. The molecule has 0 radical (unpaired) electrons. The molecule has 0 aromatic heterocycles. The molecule has 1 N–H and O–H groups in total. The maximum atomic E-state index is 13.3. The largest absolute Gasteiger partial charge is 0.246 e. The summed E-state index contributed by atoms with van der Waals surface area (Å²) in [5.74, 6) is -4.26. The predicted molar refractivity (Wildman–Crippen MR) is 56.3 cm³/mol. The Labute approximate surface area is 102 Å². The number of rotatable bonds is 4. The van der Waals surface area contributed by atoms with Gasteiger partial charge in [0, 0.05) is 18.2 Å². The average molecular weight is 278 g/mol. The molecule has 98 valence electrons. The van der Waals surface area contributed by atoms with Crippen molar-refractivity contribution in [3.8, 4) is 6.07 Å². The molecule has 0 heterocycles. The molecule has 1 unspecified atom stereocenters. The molecule has 0 saturated heterocycles. The Morgan fingerprint density at radius 2 is 1.83 bits per heavy atom. The quantitative estimate of drug-likeness (QED) is 0.911. The molecular weight excluding hydrogens is 269 g/mol. The van der Waals surface area contributed by atoms with Crippen molar-refractivity contribution in [1.29, 1.82) is 5.26 Å². The van der Waals surface area contributed by atoms with E-state index in [4.69, 9.17) is 5.26 Å². The van der Waals surface area contributed by atoms with Crippen LogP contribution in [0.25, 0.3) is 0 Å². The van der Waals surface area contributed by atoms with Crippen molar-refractivity contribution >= 4 is 10.0 Å². The Bertz CT molecular complexity index is 573. The minimum atomic E-state index is -4.48. The van der Waals surface area contributed by atoms with Gasteiger partial charge in [0.15, 0.2) is 4.90 Å². The van der Waals surface area contributed by atoms with Crippen LogP contribution in [0.3, 0.4) is 0 Å². The molecule has 0 fully saturated rings. The molecule has 1 aromatic rings. The zero-order valence-electron chi connectivity index (χ0n) is 9.25. The van der Waals surface area contributed by atoms with E-state index in [-0.39, 0.29) is 18.6 Å². The maximum absolute atomic E-state index is 13.3. The summed E-state index contributed by atoms with van der Waals surface area (Å²) in [4.78, 5) is -1.26. The normalized spacial score (nSPS) is 13.1. The lowest BCUT2D eigenvalue weighted by molar-refractivity contribution is 0.490. The molecule has 0 bridgehead atoms. The number of hydrogen-bond acceptors (Lipinski definition) is 3. The number of halogens is 3. The highest BCUT2D eigenvalue weighted by Gasteiger charge is 2.26. The molecule has 1 rings (SSSR count). The Hall–Kier alpha value is -1.59. The standard InChI is InChI=1S/C10H9F3N2O2S/c1-6(2-3-14)15-18(16,17)10-8(12)4-7(11)5-9(10)13/h4-6,15H,2H2,1H3. The topological polar surface area (TPSA) is 70.0 Å². The molecule has 0 spiro atoms. The van der Waals surface area contributed by atoms with E-state index < -0.39 is 38.4 Å². The van der Waals surface area contributed by atoms with Crippen molar-refractivity contribution in [2.75, 3.05) is 0 Å². The zero-order valence-corrected chi connectivity index (χ0v) is 10.1. The molecule has 0 aliphatic heterocycles. The van der Waals surface area contributed by atoms with E-state index >= 15 is 0 Å². The third-order valence-corrected chi connectivity index (χ3v) is 3.63. The van der Waals surface area contributed by atoms with Gasteiger partial charge >= 0.3 is 0 Å². The first-order valence-electron chi connectivity index (χ1n) is 4.81. The minimum Gasteiger partial charge on any atom is -0.207 e. The molecule has 1 atom stereocenters. The summed E-state index contributed by atoms with van der Waals surface area (Å²) in [7, 11) is -4.48. The van der Waals surface area contributed by atoms with Gasteiger partial charge in [0.05, 0.1) is 12.5 Å². The lowest BCUT2D eigenvalue weighted by Gasteiger charge is -2.12. The molecule has 0 saturated carbocycles. The fraction of sp³-hybridized carbons (Fsp3) is 0.300. The van der Waals surface area contributed by atoms with Crippen molar-refractivity contribution in [3.63, 3.8) is 0 Å². The molecule has 0 amide bonds. The van der Waals surface area contributed by atoms with Gasteiger partial charge in [-0.25, -0.2) is 26.3 Å². The van der Waals surface area contributed by atoms with Crippen LogP contribution in [-0.2, 0) is 10.0 Å². The van der Waals surface area contributed by atoms with Crippen molar-refractivity contribution in [2.45, 2.75) is 24.3 Å². The van der Waals surface area contributed by atoms with Crippen LogP contribution in [0.5, 0.6) is 0 Å². The number of nitriles is 1. The highest BCUT2D eigenvalue weighted by Crippen LogP contribution is 2.20. The second-order valence-corrected chi connectivity index (χ2v) is 5.23. The number of sulfonamides is 1. The van der Waals surface area contributed by atoms with Crippen LogP contribution in [0.2, 0.25) is 0 Å². The Morgan fingerprint density at radius 1 is 1.33 bits per heavy atom. The van der Waals surface area contributed by atoms with Crippen LogP contribution in [0, 0.1) is 28.8 Å². The summed E-state index contributed by atoms with van der Waals surface area (Å²) in [6.07, 6.45) is -0.163. The lowest BCUT2D eigenvalue weighted by Crippen LogP contribution is -2.33. The van der Waals surface area contributed by atoms with Crippen molar-refractivity contribution in [3.05, 3.63) is 29.6 Å². The molecular formula is C10H9F3N2O2S. The number of nitrogens with one attached hydrogen (secondary N) is 1. The van der Waals surface area contributed by atoms with E-state index in [2.05, 4.69) is 0 Å². The Morgan fingerprint density at radius 3 is 2.28 bits per heavy atom. The van der Waals surface area contributed by atoms with E-state index in [1.807, 2.05) is 4.72 Å². The van der Waals surface area contributed by atoms with Gasteiger partial charge in [-0.3, -0.25) is 0 Å². The highest BCUT2D eigenvalue weighted by molar-refractivity contribution is 7.89. The van der Waals surface area contributed by atoms with Crippen LogP contribution < -0.4 is 4.72 Å². The number of nitrogens with zero attached hydrogens (tertiary/aromatic N) is 1. The summed E-state index contributed by atoms with van der Waals surface area (Å²) in [5.41, 5.74) is 0. The zero-order chi connectivity index (χ0) is 13.9. The van der Waals surface area contributed by atoms with E-state index in [1.165, 1.54) is 6.92 Å². The predicted octanol–water partition coefficient (Wildman–Crippen LogP) is 1.68. The molecule has 0 aliphatic carbocycles. The molecule has 0 aliphatic rings. The monoisotopic (exact) mass is 278 g/mol. The first kappa shape index (κ1) is 14.5. The summed E-state index contributed by atoms with van der Waals surface area (Å²) in [5, 5.41) is 8.37. The second kappa shape index (κ2) is 5.37. The molecule has 4 nitrogen and oxygen atoms in total. The van der Waals surface area contributed by atoms with Gasteiger partial charge in [-0.15, -0.1) is 0 Å². The Balaban J connectivity index is 3.18. The SMILES string of the molecule is CC(CC#N)NS(=O)(=O)c1c(F)cc(F)cc1F. The van der Waals surface area contributed by atoms with Crippen LogP contribution in [0.1, 0.15) is 13.3 Å². The van der Waals surface area contributed by atoms with E-state index in [1.54, 1.807) is 6.07 Å². The summed E-state index contributed by atoms with van der Waals surface area (Å²) in [6.45, 7) is 1.36. The molecule has 8 heteroatoms. The highest BCUT2D eigenvalue weighted by atomic mass is 32.2. The minimum absolute atomic E-state index is 0.163. The smallest absolute Gasteiger partial charge is 0.207 e. The van der Waals surface area contributed by atoms with E-state index in [0.717, 1.165) is 0 Å². The third kappa shape index (κ3) is 3.21. The third-order valence-electron chi connectivity index (χ3n) is 1.99. The lowest BCUT2D eigenvalue weighted by atomic mass is 10.3. The first-order valence-corrected chi connectivity index (χ1v) is 6.30. The number of hydrogen-bond donors (Lipinski definition) is 1. The van der Waals surface area contributed by atoms with Gasteiger partial charge in [0.1, 0.15) is 17.5 Å². The fourth-order valence-corrected chi connectivity index (χ4v) is 2.65. The van der Waals surface area contributed by atoms with Crippen molar-refractivity contribution in [1.82, 2.24) is 4.72 Å². The van der Waals surface area contributed by atoms with Gasteiger partial charge < -0.3 is 0 Å². The van der Waals surface area contributed by atoms with Crippen molar-refractivity contribution < 1.29 is 21.6 Å². The van der Waals surface area contributed by atoms with Gasteiger partial charge in [-0.2, -0.15) is 5.26 Å². The van der Waals surface area contributed by atoms with Gasteiger partial charge in [0.25, 0.3) is 0 Å². The van der Waals surface area contributed by atoms with Crippen LogP contribution in [-0.4, -0.2) is 14.5 Å². The van der Waals surface area contributed by atoms with Gasteiger partial charge in [-0.1, -0.05) is 0 Å². The fourth-order valence-electron chi connectivity index (χ4n) is 1.29. The maximum Gasteiger partial charge on any atom is 0.246 e. The summed E-state index contributed by atoms with van der Waals surface area (Å²) >= 11 is 0. The van der Waals surface area contributed by atoms with Crippen LogP contribution in [0.15, 0.2) is 17.0 Å². The summed E-state index contributed by atoms with van der Waals surface area (Å²) < 4.78 is 64.4. The second-order valence-electron chi connectivity index (χ2n) is 3.58. The molecule has 1 aromatic carbocycles.